The predicted octanol–water partition coefficient (Wildman–Crippen LogP) is 5.39. The van der Waals surface area contributed by atoms with E-state index in [2.05, 4.69) is 20.8 Å². The Morgan fingerprint density at radius 3 is 2.03 bits per heavy atom. The predicted molar refractivity (Wildman–Crippen MR) is 133 cm³/mol. The molecule has 8 heteroatoms. The molecule has 0 saturated heterocycles. The summed E-state index contributed by atoms with van der Waals surface area (Å²) in [5, 5.41) is 0. The molecule has 0 spiro atoms. The Kier molecular flexibility index (Phi) is 9.10. The number of hydrogen-bond donors (Lipinski definition) is 0. The highest BCUT2D eigenvalue weighted by molar-refractivity contribution is 6.60. The molecule has 0 aromatic rings. The lowest BCUT2D eigenvalue weighted by atomic mass is 9.69. The average Bonchev–Trinajstić information content (AvgIpc) is 3.12. The van der Waals surface area contributed by atoms with Crippen molar-refractivity contribution < 1.29 is 32.3 Å². The normalized spacial score (nSPS) is 27.9. The van der Waals surface area contributed by atoms with Crippen LogP contribution in [0.1, 0.15) is 87.0 Å². The van der Waals surface area contributed by atoms with Crippen LogP contribution in [0.2, 0.25) is 6.04 Å². The summed E-state index contributed by atoms with van der Waals surface area (Å²) in [6, 6.07) is 0.556. The van der Waals surface area contributed by atoms with E-state index in [-0.39, 0.29) is 35.5 Å². The zero-order chi connectivity index (χ0) is 26.0. The van der Waals surface area contributed by atoms with Crippen LogP contribution in [0.15, 0.2) is 0 Å². The van der Waals surface area contributed by atoms with Gasteiger partial charge in [-0.3, -0.25) is 9.59 Å². The molecule has 0 amide bonds. The molecular weight excluding hydrogens is 452 g/mol. The second kappa shape index (κ2) is 10.6. The lowest BCUT2D eigenvalue weighted by Gasteiger charge is -2.40. The smallest absolute Gasteiger partial charge is 0.465 e. The van der Waals surface area contributed by atoms with Gasteiger partial charge >= 0.3 is 20.7 Å². The number of fused-ring (bicyclic) bond motifs is 2. The maximum Gasteiger partial charge on any atom is 0.500 e. The van der Waals surface area contributed by atoms with Crippen LogP contribution in [0.4, 0.5) is 0 Å². The lowest BCUT2D eigenvalue weighted by molar-refractivity contribution is -0.173. The summed E-state index contributed by atoms with van der Waals surface area (Å²) in [5.41, 5.74) is -1.38. The van der Waals surface area contributed by atoms with Gasteiger partial charge in [0, 0.05) is 32.8 Å². The zero-order valence-corrected chi connectivity index (χ0v) is 24.2. The van der Waals surface area contributed by atoms with Gasteiger partial charge in [0.1, 0.15) is 6.10 Å². The summed E-state index contributed by atoms with van der Waals surface area (Å²) in [7, 11) is 2.01. The van der Waals surface area contributed by atoms with Crippen LogP contribution in [0.5, 0.6) is 0 Å². The Labute approximate surface area is 207 Å². The summed E-state index contributed by atoms with van der Waals surface area (Å²) in [6.45, 7) is 14.7. The Morgan fingerprint density at radius 1 is 1.00 bits per heavy atom. The summed E-state index contributed by atoms with van der Waals surface area (Å²) < 4.78 is 28.0. The summed E-state index contributed by atoms with van der Waals surface area (Å²) in [6.07, 6.45) is 4.75. The Morgan fingerprint density at radius 2 is 1.59 bits per heavy atom. The molecule has 0 aliphatic heterocycles. The molecule has 0 heterocycles. The fourth-order valence-corrected chi connectivity index (χ4v) is 7.86. The molecule has 2 aliphatic rings. The van der Waals surface area contributed by atoms with E-state index >= 15 is 0 Å². The fourth-order valence-electron chi connectivity index (χ4n) is 6.17. The largest absolute Gasteiger partial charge is 0.500 e. The number of carbonyl (C=O) groups is 2. The van der Waals surface area contributed by atoms with Crippen molar-refractivity contribution in [3.8, 4) is 0 Å². The van der Waals surface area contributed by atoms with Crippen molar-refractivity contribution >= 4 is 20.7 Å². The van der Waals surface area contributed by atoms with Crippen LogP contribution >= 0.6 is 0 Å². The van der Waals surface area contributed by atoms with Crippen LogP contribution in [-0.2, 0) is 32.3 Å². The lowest BCUT2D eigenvalue weighted by Crippen LogP contribution is -2.44. The number of carbonyl (C=O) groups excluding carboxylic acids is 2. The van der Waals surface area contributed by atoms with Crippen LogP contribution < -0.4 is 0 Å². The molecule has 4 atom stereocenters. The quantitative estimate of drug-likeness (QED) is 0.191. The minimum absolute atomic E-state index is 0.0154. The highest BCUT2D eigenvalue weighted by Gasteiger charge is 2.63. The van der Waals surface area contributed by atoms with Gasteiger partial charge in [0.05, 0.1) is 17.4 Å². The van der Waals surface area contributed by atoms with Gasteiger partial charge in [0.15, 0.2) is 0 Å². The van der Waals surface area contributed by atoms with Crippen molar-refractivity contribution in [1.29, 1.82) is 0 Å². The summed E-state index contributed by atoms with van der Waals surface area (Å²) in [5.74, 6) is 0.0970. The van der Waals surface area contributed by atoms with Crippen LogP contribution in [0, 0.1) is 27.6 Å². The molecule has 2 fully saturated rings. The molecule has 2 bridgehead atoms. The highest BCUT2D eigenvalue weighted by Crippen LogP contribution is 2.66. The molecule has 0 aromatic heterocycles. The fraction of sp³-hybridized carbons (Fsp3) is 0.923. The first-order valence-corrected chi connectivity index (χ1v) is 14.6. The van der Waals surface area contributed by atoms with Gasteiger partial charge in [-0.25, -0.2) is 0 Å². The van der Waals surface area contributed by atoms with Crippen LogP contribution in [0.25, 0.3) is 0 Å². The van der Waals surface area contributed by atoms with Crippen molar-refractivity contribution in [3.05, 3.63) is 0 Å². The molecule has 2 rings (SSSR count). The second-order valence-electron chi connectivity index (χ2n) is 12.0. The zero-order valence-electron chi connectivity index (χ0n) is 23.2. The van der Waals surface area contributed by atoms with Gasteiger partial charge in [0.2, 0.25) is 0 Å². The monoisotopic (exact) mass is 500 g/mol. The number of rotatable bonds is 13. The molecule has 0 N–H and O–H groups in total. The maximum absolute atomic E-state index is 13.4. The standard InChI is InChI=1S/C26H48O7Si/c1-11-25(6,22(28)33-20-17-19-13-14-26(20,7)24(19,4)5)18-23(2,3)21(27)32-15-12-16-34(29-8,30-9)31-10/h19-20H,11-18H2,1-10H3. The minimum atomic E-state index is -2.69. The Balaban J connectivity index is 1.96. The number of esters is 2. The van der Waals surface area contributed by atoms with E-state index in [4.69, 9.17) is 22.8 Å². The van der Waals surface area contributed by atoms with E-state index in [9.17, 15) is 9.59 Å². The molecule has 34 heavy (non-hydrogen) atoms. The van der Waals surface area contributed by atoms with Crippen molar-refractivity contribution in [2.75, 3.05) is 27.9 Å². The van der Waals surface area contributed by atoms with E-state index < -0.39 is 19.6 Å². The van der Waals surface area contributed by atoms with E-state index in [0.29, 0.717) is 31.2 Å². The van der Waals surface area contributed by atoms with E-state index in [1.807, 2.05) is 27.7 Å². The topological polar surface area (TPSA) is 80.3 Å². The molecule has 198 valence electrons. The van der Waals surface area contributed by atoms with Gasteiger partial charge in [-0.2, -0.15) is 0 Å². The summed E-state index contributed by atoms with van der Waals surface area (Å²) >= 11 is 0. The number of hydrogen-bond acceptors (Lipinski definition) is 7. The van der Waals surface area contributed by atoms with E-state index in [0.717, 1.165) is 12.8 Å². The minimum Gasteiger partial charge on any atom is -0.465 e. The van der Waals surface area contributed by atoms with Crippen LogP contribution in [-0.4, -0.2) is 54.8 Å². The molecule has 0 aromatic carbocycles. The van der Waals surface area contributed by atoms with Gasteiger partial charge in [-0.1, -0.05) is 27.7 Å². The highest BCUT2D eigenvalue weighted by atomic mass is 28.4. The Hall–Kier alpha value is -0.963. The first kappa shape index (κ1) is 29.3. The van der Waals surface area contributed by atoms with E-state index in [1.54, 1.807) is 21.3 Å². The molecule has 2 saturated carbocycles. The maximum atomic E-state index is 13.4. The second-order valence-corrected chi connectivity index (χ2v) is 15.1. The SMILES string of the molecule is CCC(C)(CC(C)(C)C(=O)OCCC[Si](OC)(OC)OC)C(=O)OC1CC2CCC1(C)C2(C)C. The van der Waals surface area contributed by atoms with Crippen molar-refractivity contribution in [3.63, 3.8) is 0 Å². The third kappa shape index (κ3) is 5.40. The number of ether oxygens (including phenoxy) is 2. The molecule has 4 unspecified atom stereocenters. The molecule has 0 radical (unpaired) electrons. The van der Waals surface area contributed by atoms with Gasteiger partial charge in [-0.15, -0.1) is 0 Å². The molecular formula is C26H48O7Si. The average molecular weight is 501 g/mol. The molecule has 7 nitrogen and oxygen atoms in total. The van der Waals surface area contributed by atoms with Gasteiger partial charge in [-0.05, 0) is 70.6 Å². The van der Waals surface area contributed by atoms with E-state index in [1.165, 1.54) is 6.42 Å². The molecule has 2 aliphatic carbocycles. The van der Waals surface area contributed by atoms with Crippen molar-refractivity contribution in [2.45, 2.75) is 99.1 Å². The van der Waals surface area contributed by atoms with Gasteiger partial charge < -0.3 is 22.8 Å². The first-order chi connectivity index (χ1) is 15.7. The third-order valence-electron chi connectivity index (χ3n) is 9.41. The summed E-state index contributed by atoms with van der Waals surface area (Å²) in [4.78, 5) is 26.4. The van der Waals surface area contributed by atoms with Gasteiger partial charge in [0.25, 0.3) is 0 Å². The third-order valence-corrected chi connectivity index (χ3v) is 12.2. The van der Waals surface area contributed by atoms with Crippen LogP contribution in [0.3, 0.4) is 0 Å². The Bertz CT molecular complexity index is 724. The van der Waals surface area contributed by atoms with Crippen molar-refractivity contribution in [2.24, 2.45) is 27.6 Å². The first-order valence-electron chi connectivity index (χ1n) is 12.7. The van der Waals surface area contributed by atoms with Crippen molar-refractivity contribution in [1.82, 2.24) is 0 Å².